The molecule has 0 aliphatic carbocycles. The Bertz CT molecular complexity index is 998. The molecule has 0 saturated heterocycles. The SMILES string of the molecule is Nc1ncc(S(=O)(=O)Nc2ccc(OCc3ccccn3)c(F)c2)cn1. The number of halogens is 1. The zero-order valence-electron chi connectivity index (χ0n) is 13.3. The van der Waals surface area contributed by atoms with Gasteiger partial charge in [-0.1, -0.05) is 6.07 Å². The van der Waals surface area contributed by atoms with Gasteiger partial charge >= 0.3 is 0 Å². The summed E-state index contributed by atoms with van der Waals surface area (Å²) in [5.41, 5.74) is 6.00. The van der Waals surface area contributed by atoms with Crippen LogP contribution in [0.5, 0.6) is 5.75 Å². The molecule has 0 spiro atoms. The maximum atomic E-state index is 14.2. The molecule has 0 saturated carbocycles. The van der Waals surface area contributed by atoms with Gasteiger partial charge in [0, 0.05) is 12.3 Å². The fourth-order valence-corrected chi connectivity index (χ4v) is 2.93. The summed E-state index contributed by atoms with van der Waals surface area (Å²) in [6, 6.07) is 9.03. The summed E-state index contributed by atoms with van der Waals surface area (Å²) < 4.78 is 46.2. The summed E-state index contributed by atoms with van der Waals surface area (Å²) in [4.78, 5) is 11.1. The average molecular weight is 375 g/mol. The van der Waals surface area contributed by atoms with Crippen LogP contribution in [0.25, 0.3) is 0 Å². The zero-order chi connectivity index (χ0) is 18.6. The molecular weight excluding hydrogens is 361 g/mol. The largest absolute Gasteiger partial charge is 0.484 e. The van der Waals surface area contributed by atoms with E-state index in [4.69, 9.17) is 10.5 Å². The number of ether oxygens (including phenoxy) is 1. The Kier molecular flexibility index (Phi) is 4.94. The first-order valence-corrected chi connectivity index (χ1v) is 8.85. The van der Waals surface area contributed by atoms with Crippen LogP contribution in [0.1, 0.15) is 5.69 Å². The number of sulfonamides is 1. The second kappa shape index (κ2) is 7.31. The average Bonchev–Trinajstić information content (AvgIpc) is 2.62. The fraction of sp³-hybridized carbons (Fsp3) is 0.0625. The van der Waals surface area contributed by atoms with Crippen LogP contribution in [0.2, 0.25) is 0 Å². The van der Waals surface area contributed by atoms with Gasteiger partial charge in [-0.25, -0.2) is 22.8 Å². The van der Waals surface area contributed by atoms with Crippen molar-refractivity contribution in [1.29, 1.82) is 0 Å². The van der Waals surface area contributed by atoms with Crippen molar-refractivity contribution in [2.75, 3.05) is 10.5 Å². The van der Waals surface area contributed by atoms with Crippen LogP contribution in [0.15, 0.2) is 59.9 Å². The highest BCUT2D eigenvalue weighted by molar-refractivity contribution is 7.92. The molecule has 3 aromatic rings. The molecule has 3 rings (SSSR count). The molecule has 0 aliphatic heterocycles. The summed E-state index contributed by atoms with van der Waals surface area (Å²) in [5, 5.41) is 0. The Morgan fingerprint density at radius 3 is 2.54 bits per heavy atom. The number of nitrogens with one attached hydrogen (secondary N) is 1. The third-order valence-corrected chi connectivity index (χ3v) is 4.58. The van der Waals surface area contributed by atoms with E-state index in [-0.39, 0.29) is 28.9 Å². The summed E-state index contributed by atoms with van der Waals surface area (Å²) in [5.74, 6) is -0.784. The van der Waals surface area contributed by atoms with Crippen LogP contribution < -0.4 is 15.2 Å². The fourth-order valence-electron chi connectivity index (χ4n) is 2.00. The van der Waals surface area contributed by atoms with E-state index in [0.717, 1.165) is 18.5 Å². The highest BCUT2D eigenvalue weighted by Gasteiger charge is 2.16. The topological polar surface area (TPSA) is 120 Å². The number of aromatic nitrogens is 3. The molecule has 2 heterocycles. The van der Waals surface area contributed by atoms with Crippen molar-refractivity contribution >= 4 is 21.7 Å². The van der Waals surface area contributed by atoms with E-state index in [1.807, 2.05) is 0 Å². The third-order valence-electron chi connectivity index (χ3n) is 3.24. The molecule has 10 heteroatoms. The van der Waals surface area contributed by atoms with E-state index in [0.29, 0.717) is 5.69 Å². The summed E-state index contributed by atoms with van der Waals surface area (Å²) in [6.07, 6.45) is 3.73. The molecule has 0 fully saturated rings. The lowest BCUT2D eigenvalue weighted by atomic mass is 10.3. The molecule has 2 aromatic heterocycles. The molecule has 0 atom stereocenters. The van der Waals surface area contributed by atoms with E-state index < -0.39 is 15.8 Å². The van der Waals surface area contributed by atoms with Crippen molar-refractivity contribution in [3.8, 4) is 5.75 Å². The van der Waals surface area contributed by atoms with E-state index in [9.17, 15) is 12.8 Å². The van der Waals surface area contributed by atoms with Gasteiger partial charge in [0.15, 0.2) is 11.6 Å². The quantitative estimate of drug-likeness (QED) is 0.676. The van der Waals surface area contributed by atoms with Gasteiger partial charge in [-0.2, -0.15) is 0 Å². The Labute approximate surface area is 148 Å². The van der Waals surface area contributed by atoms with Crippen LogP contribution in [0.4, 0.5) is 16.0 Å². The molecule has 0 unspecified atom stereocenters. The van der Waals surface area contributed by atoms with E-state index in [1.54, 1.807) is 24.4 Å². The first-order valence-electron chi connectivity index (χ1n) is 7.37. The standard InChI is InChI=1S/C16H14FN5O3S/c17-14-7-11(22-26(23,24)13-8-20-16(18)21-9-13)4-5-15(14)25-10-12-3-1-2-6-19-12/h1-9,22H,10H2,(H2,18,20,21). The van der Waals surface area contributed by atoms with Gasteiger partial charge in [-0.15, -0.1) is 0 Å². The lowest BCUT2D eigenvalue weighted by Gasteiger charge is -2.10. The van der Waals surface area contributed by atoms with Gasteiger partial charge in [0.05, 0.1) is 23.8 Å². The number of nitrogens with two attached hydrogens (primary N) is 1. The summed E-state index contributed by atoms with van der Waals surface area (Å²) in [6.45, 7) is 0.0889. The highest BCUT2D eigenvalue weighted by atomic mass is 32.2. The molecule has 0 aliphatic rings. The predicted molar refractivity (Wildman–Crippen MR) is 92.2 cm³/mol. The molecule has 0 amide bonds. The Morgan fingerprint density at radius 1 is 1.12 bits per heavy atom. The molecule has 0 bridgehead atoms. The van der Waals surface area contributed by atoms with Crippen molar-refractivity contribution in [2.24, 2.45) is 0 Å². The van der Waals surface area contributed by atoms with Gasteiger partial charge in [0.25, 0.3) is 10.0 Å². The predicted octanol–water partition coefficient (Wildman–Crippen LogP) is 1.97. The Balaban J connectivity index is 1.72. The van der Waals surface area contributed by atoms with Gasteiger partial charge in [-0.3, -0.25) is 9.71 Å². The summed E-state index contributed by atoms with van der Waals surface area (Å²) >= 11 is 0. The number of hydrogen-bond donors (Lipinski definition) is 2. The van der Waals surface area contributed by atoms with Crippen molar-refractivity contribution in [1.82, 2.24) is 15.0 Å². The van der Waals surface area contributed by atoms with E-state index >= 15 is 0 Å². The van der Waals surface area contributed by atoms with Gasteiger partial charge in [0.1, 0.15) is 11.5 Å². The van der Waals surface area contributed by atoms with Crippen LogP contribution in [0, 0.1) is 5.82 Å². The van der Waals surface area contributed by atoms with Crippen LogP contribution >= 0.6 is 0 Å². The van der Waals surface area contributed by atoms with Gasteiger partial charge < -0.3 is 10.5 Å². The van der Waals surface area contributed by atoms with Crippen LogP contribution in [0.3, 0.4) is 0 Å². The normalized spacial score (nSPS) is 11.1. The number of nitrogens with zero attached hydrogens (tertiary/aromatic N) is 3. The number of pyridine rings is 1. The number of benzene rings is 1. The monoisotopic (exact) mass is 375 g/mol. The second-order valence-corrected chi connectivity index (χ2v) is 6.82. The molecule has 1 aromatic carbocycles. The molecule has 0 radical (unpaired) electrons. The Morgan fingerprint density at radius 2 is 1.88 bits per heavy atom. The minimum absolute atomic E-state index is 0.0191. The van der Waals surface area contributed by atoms with E-state index in [1.165, 1.54) is 12.1 Å². The first-order chi connectivity index (χ1) is 12.4. The zero-order valence-corrected chi connectivity index (χ0v) is 14.1. The number of nitrogen functional groups attached to an aromatic ring is 1. The van der Waals surface area contributed by atoms with Crippen LogP contribution in [-0.4, -0.2) is 23.4 Å². The number of anilines is 2. The van der Waals surface area contributed by atoms with Crippen molar-refractivity contribution < 1.29 is 17.5 Å². The maximum absolute atomic E-state index is 14.2. The second-order valence-electron chi connectivity index (χ2n) is 5.14. The van der Waals surface area contributed by atoms with Crippen molar-refractivity contribution in [3.05, 3.63) is 66.5 Å². The highest BCUT2D eigenvalue weighted by Crippen LogP contribution is 2.23. The summed E-state index contributed by atoms with van der Waals surface area (Å²) in [7, 11) is -3.96. The minimum atomic E-state index is -3.96. The number of hydrogen-bond acceptors (Lipinski definition) is 7. The lowest BCUT2D eigenvalue weighted by Crippen LogP contribution is -2.14. The lowest BCUT2D eigenvalue weighted by molar-refractivity contribution is 0.286. The van der Waals surface area contributed by atoms with Crippen LogP contribution in [-0.2, 0) is 16.6 Å². The van der Waals surface area contributed by atoms with Crippen molar-refractivity contribution in [2.45, 2.75) is 11.5 Å². The molecular formula is C16H14FN5O3S. The molecule has 8 nitrogen and oxygen atoms in total. The van der Waals surface area contributed by atoms with E-state index in [2.05, 4.69) is 19.7 Å². The third kappa shape index (κ3) is 4.22. The Hall–Kier alpha value is -3.27. The molecule has 3 N–H and O–H groups in total. The smallest absolute Gasteiger partial charge is 0.264 e. The molecule has 26 heavy (non-hydrogen) atoms. The number of rotatable bonds is 6. The minimum Gasteiger partial charge on any atom is -0.484 e. The van der Waals surface area contributed by atoms with Gasteiger partial charge in [0.2, 0.25) is 5.95 Å². The molecule has 134 valence electrons. The maximum Gasteiger partial charge on any atom is 0.264 e. The first kappa shape index (κ1) is 17.5. The van der Waals surface area contributed by atoms with Crippen molar-refractivity contribution in [3.63, 3.8) is 0 Å². The van der Waals surface area contributed by atoms with Gasteiger partial charge in [-0.05, 0) is 24.3 Å².